The van der Waals surface area contributed by atoms with E-state index in [1.54, 1.807) is 0 Å². The molecule has 0 heterocycles. The lowest BCUT2D eigenvalue weighted by Gasteiger charge is -2.13. The molecular formula is C20H26N2OS. The molecule has 2 aromatic rings. The fourth-order valence-electron chi connectivity index (χ4n) is 2.53. The second-order valence-electron chi connectivity index (χ2n) is 5.88. The van der Waals surface area contributed by atoms with Crippen molar-refractivity contribution in [3.63, 3.8) is 0 Å². The van der Waals surface area contributed by atoms with Crippen LogP contribution in [0.5, 0.6) is 5.75 Å². The second kappa shape index (κ2) is 9.28. The monoisotopic (exact) mass is 342 g/mol. The summed E-state index contributed by atoms with van der Waals surface area (Å²) in [5, 5.41) is 7.21. The van der Waals surface area contributed by atoms with Crippen molar-refractivity contribution in [1.29, 1.82) is 0 Å². The predicted octanol–water partition coefficient (Wildman–Crippen LogP) is 4.62. The van der Waals surface area contributed by atoms with Crippen LogP contribution < -0.4 is 15.4 Å². The Morgan fingerprint density at radius 3 is 2.50 bits per heavy atom. The minimum Gasteiger partial charge on any atom is -0.494 e. The lowest BCUT2D eigenvalue weighted by Crippen LogP contribution is -2.29. The van der Waals surface area contributed by atoms with Gasteiger partial charge in [-0.25, -0.2) is 0 Å². The minimum atomic E-state index is 0.675. The summed E-state index contributed by atoms with van der Waals surface area (Å²) in [6, 6.07) is 14.6. The van der Waals surface area contributed by atoms with Gasteiger partial charge in [-0.05, 0) is 75.2 Å². The Balaban J connectivity index is 1.70. The number of thiocarbonyl (C=S) groups is 1. The standard InChI is InChI=1S/C20H26N2OS/c1-4-23-18-10-8-17(9-11-18)6-5-13-21-20(24)22-19-12-7-15(2)14-16(19)3/h7-12,14H,4-6,13H2,1-3H3,(H2,21,22,24). The maximum absolute atomic E-state index is 5.45. The molecule has 2 N–H and O–H groups in total. The Morgan fingerprint density at radius 1 is 1.08 bits per heavy atom. The molecule has 2 rings (SSSR count). The van der Waals surface area contributed by atoms with Gasteiger partial charge in [0.05, 0.1) is 6.61 Å². The average Bonchev–Trinajstić information content (AvgIpc) is 2.56. The van der Waals surface area contributed by atoms with Crippen LogP contribution in [0.2, 0.25) is 0 Å². The molecule has 0 unspecified atom stereocenters. The van der Waals surface area contributed by atoms with Crippen molar-refractivity contribution < 1.29 is 4.74 Å². The molecule has 0 aromatic heterocycles. The molecule has 0 aliphatic carbocycles. The van der Waals surface area contributed by atoms with E-state index >= 15 is 0 Å². The van der Waals surface area contributed by atoms with Gasteiger partial charge in [-0.3, -0.25) is 0 Å². The summed E-state index contributed by atoms with van der Waals surface area (Å²) in [6.45, 7) is 7.73. The van der Waals surface area contributed by atoms with E-state index in [2.05, 4.69) is 54.8 Å². The Hall–Kier alpha value is -2.07. The first-order valence-corrected chi connectivity index (χ1v) is 8.83. The smallest absolute Gasteiger partial charge is 0.170 e. The van der Waals surface area contributed by atoms with Gasteiger partial charge in [-0.2, -0.15) is 0 Å². The molecule has 4 heteroatoms. The van der Waals surface area contributed by atoms with Crippen LogP contribution >= 0.6 is 12.2 Å². The van der Waals surface area contributed by atoms with E-state index in [4.69, 9.17) is 17.0 Å². The van der Waals surface area contributed by atoms with Crippen LogP contribution in [0.1, 0.15) is 30.0 Å². The molecule has 0 saturated carbocycles. The fraction of sp³-hybridized carbons (Fsp3) is 0.350. The number of rotatable bonds is 7. The van der Waals surface area contributed by atoms with Crippen LogP contribution in [0, 0.1) is 13.8 Å². The molecule has 0 aliphatic heterocycles. The Bertz CT molecular complexity index is 668. The van der Waals surface area contributed by atoms with Crippen LogP contribution in [-0.2, 0) is 6.42 Å². The minimum absolute atomic E-state index is 0.675. The number of ether oxygens (including phenoxy) is 1. The fourth-order valence-corrected chi connectivity index (χ4v) is 2.75. The first-order chi connectivity index (χ1) is 11.6. The second-order valence-corrected chi connectivity index (χ2v) is 6.29. The van der Waals surface area contributed by atoms with Crippen LogP contribution in [0.25, 0.3) is 0 Å². The Morgan fingerprint density at radius 2 is 1.83 bits per heavy atom. The molecular weight excluding hydrogens is 316 g/mol. The first-order valence-electron chi connectivity index (χ1n) is 8.42. The van der Waals surface area contributed by atoms with Crippen LogP contribution in [0.15, 0.2) is 42.5 Å². The molecule has 0 saturated heterocycles. The number of anilines is 1. The number of aryl methyl sites for hydroxylation is 3. The Labute approximate surface area is 150 Å². The molecule has 3 nitrogen and oxygen atoms in total. The zero-order valence-electron chi connectivity index (χ0n) is 14.7. The largest absolute Gasteiger partial charge is 0.494 e. The molecule has 0 bridgehead atoms. The van der Waals surface area contributed by atoms with Crippen molar-refractivity contribution in [2.75, 3.05) is 18.5 Å². The maximum atomic E-state index is 5.45. The third-order valence-electron chi connectivity index (χ3n) is 3.79. The third kappa shape index (κ3) is 5.85. The average molecular weight is 343 g/mol. The molecule has 0 amide bonds. The normalized spacial score (nSPS) is 10.3. The van der Waals surface area contributed by atoms with Crippen molar-refractivity contribution in [3.8, 4) is 5.75 Å². The first kappa shape index (κ1) is 18.3. The highest BCUT2D eigenvalue weighted by atomic mass is 32.1. The van der Waals surface area contributed by atoms with Crippen LogP contribution in [-0.4, -0.2) is 18.3 Å². The summed E-state index contributed by atoms with van der Waals surface area (Å²) in [5.74, 6) is 0.929. The summed E-state index contributed by atoms with van der Waals surface area (Å²) in [5.41, 5.74) is 4.83. The lowest BCUT2D eigenvalue weighted by molar-refractivity contribution is 0.340. The van der Waals surface area contributed by atoms with E-state index in [0.717, 1.165) is 30.8 Å². The lowest BCUT2D eigenvalue weighted by atomic mass is 10.1. The molecule has 2 aromatic carbocycles. The van der Waals surface area contributed by atoms with Gasteiger partial charge in [0.1, 0.15) is 5.75 Å². The van der Waals surface area contributed by atoms with E-state index < -0.39 is 0 Å². The molecule has 0 atom stereocenters. The maximum Gasteiger partial charge on any atom is 0.170 e. The summed E-state index contributed by atoms with van der Waals surface area (Å²) >= 11 is 5.37. The summed E-state index contributed by atoms with van der Waals surface area (Å²) in [4.78, 5) is 0. The SMILES string of the molecule is CCOc1ccc(CCCNC(=S)Nc2ccc(C)cc2C)cc1. The van der Waals surface area contributed by atoms with E-state index in [1.807, 2.05) is 19.1 Å². The molecule has 0 fully saturated rings. The van der Waals surface area contributed by atoms with Gasteiger partial charge in [0.25, 0.3) is 0 Å². The van der Waals surface area contributed by atoms with Crippen LogP contribution in [0.3, 0.4) is 0 Å². The highest BCUT2D eigenvalue weighted by molar-refractivity contribution is 7.80. The molecule has 24 heavy (non-hydrogen) atoms. The van der Waals surface area contributed by atoms with Crippen molar-refractivity contribution in [1.82, 2.24) is 5.32 Å². The van der Waals surface area contributed by atoms with Gasteiger partial charge < -0.3 is 15.4 Å². The summed E-state index contributed by atoms with van der Waals surface area (Å²) < 4.78 is 5.45. The van der Waals surface area contributed by atoms with Crippen molar-refractivity contribution >= 4 is 23.0 Å². The van der Waals surface area contributed by atoms with E-state index in [0.29, 0.717) is 11.7 Å². The molecule has 128 valence electrons. The van der Waals surface area contributed by atoms with E-state index in [9.17, 15) is 0 Å². The highest BCUT2D eigenvalue weighted by Gasteiger charge is 2.01. The van der Waals surface area contributed by atoms with Crippen LogP contribution in [0.4, 0.5) is 5.69 Å². The summed E-state index contributed by atoms with van der Waals surface area (Å²) in [6.07, 6.45) is 2.05. The number of benzene rings is 2. The third-order valence-corrected chi connectivity index (χ3v) is 4.04. The van der Waals surface area contributed by atoms with Gasteiger partial charge in [0.2, 0.25) is 0 Å². The topological polar surface area (TPSA) is 33.3 Å². The summed E-state index contributed by atoms with van der Waals surface area (Å²) in [7, 11) is 0. The zero-order valence-corrected chi connectivity index (χ0v) is 15.5. The number of nitrogens with one attached hydrogen (secondary N) is 2. The number of hydrogen-bond donors (Lipinski definition) is 2. The quantitative estimate of drug-likeness (QED) is 0.568. The van der Waals surface area contributed by atoms with Gasteiger partial charge in [-0.15, -0.1) is 0 Å². The predicted molar refractivity (Wildman–Crippen MR) is 106 cm³/mol. The number of hydrogen-bond acceptors (Lipinski definition) is 2. The van der Waals surface area contributed by atoms with Crippen molar-refractivity contribution in [3.05, 3.63) is 59.2 Å². The van der Waals surface area contributed by atoms with Gasteiger partial charge in [0.15, 0.2) is 5.11 Å². The van der Waals surface area contributed by atoms with Gasteiger partial charge in [0, 0.05) is 12.2 Å². The van der Waals surface area contributed by atoms with Gasteiger partial charge in [-0.1, -0.05) is 29.8 Å². The zero-order chi connectivity index (χ0) is 17.4. The molecule has 0 spiro atoms. The molecule has 0 aliphatic rings. The van der Waals surface area contributed by atoms with E-state index in [1.165, 1.54) is 16.7 Å². The highest BCUT2D eigenvalue weighted by Crippen LogP contribution is 2.16. The van der Waals surface area contributed by atoms with Gasteiger partial charge >= 0.3 is 0 Å². The van der Waals surface area contributed by atoms with E-state index in [-0.39, 0.29) is 0 Å². The molecule has 0 radical (unpaired) electrons. The van der Waals surface area contributed by atoms with Crippen molar-refractivity contribution in [2.24, 2.45) is 0 Å². The Kier molecular flexibility index (Phi) is 7.07. The van der Waals surface area contributed by atoms with Crippen molar-refractivity contribution in [2.45, 2.75) is 33.6 Å².